The van der Waals surface area contributed by atoms with Gasteiger partial charge in [-0.15, -0.1) is 0 Å². The first kappa shape index (κ1) is 14.6. The van der Waals surface area contributed by atoms with Crippen LogP contribution in [0.15, 0.2) is 18.2 Å². The Kier molecular flexibility index (Phi) is 5.69. The van der Waals surface area contributed by atoms with E-state index in [1.54, 1.807) is 12.1 Å². The van der Waals surface area contributed by atoms with Crippen molar-refractivity contribution in [3.8, 4) is 5.75 Å². The fourth-order valence-corrected chi connectivity index (χ4v) is 1.73. The number of unbranched alkanes of at least 4 members (excludes halogenated alkanes) is 1. The van der Waals surface area contributed by atoms with Gasteiger partial charge in [0.2, 0.25) is 0 Å². The maximum absolute atomic E-state index is 11.8. The summed E-state index contributed by atoms with van der Waals surface area (Å²) >= 11 is 0. The molecule has 0 saturated carbocycles. The van der Waals surface area contributed by atoms with E-state index < -0.39 is 0 Å². The summed E-state index contributed by atoms with van der Waals surface area (Å²) in [4.78, 5) is 11.8. The van der Waals surface area contributed by atoms with Crippen molar-refractivity contribution < 1.29 is 9.90 Å². The topological polar surface area (TPSA) is 49.3 Å². The van der Waals surface area contributed by atoms with Gasteiger partial charge in [0.15, 0.2) is 0 Å². The largest absolute Gasteiger partial charge is 0.508 e. The SMILES string of the molecule is Cc1ccc(C(=O)NCCCCC(C)C)cc1O. The first-order valence-electron chi connectivity index (χ1n) is 6.58. The van der Waals surface area contributed by atoms with Gasteiger partial charge in [-0.3, -0.25) is 4.79 Å². The summed E-state index contributed by atoms with van der Waals surface area (Å²) in [6.07, 6.45) is 3.33. The molecule has 0 saturated heterocycles. The van der Waals surface area contributed by atoms with Crippen molar-refractivity contribution in [3.05, 3.63) is 29.3 Å². The minimum Gasteiger partial charge on any atom is -0.508 e. The molecular weight excluding hydrogens is 226 g/mol. The molecule has 0 aliphatic carbocycles. The number of rotatable bonds is 6. The Morgan fingerprint density at radius 2 is 2.06 bits per heavy atom. The number of amides is 1. The minimum absolute atomic E-state index is 0.116. The molecule has 0 heterocycles. The second-order valence-electron chi connectivity index (χ2n) is 5.15. The predicted octanol–water partition coefficient (Wildman–Crippen LogP) is 3.26. The summed E-state index contributed by atoms with van der Waals surface area (Å²) in [5.74, 6) is 0.770. The van der Waals surface area contributed by atoms with E-state index in [-0.39, 0.29) is 11.7 Å². The molecule has 0 unspecified atom stereocenters. The molecule has 2 N–H and O–H groups in total. The summed E-state index contributed by atoms with van der Waals surface area (Å²) in [5.41, 5.74) is 1.30. The summed E-state index contributed by atoms with van der Waals surface area (Å²) in [6, 6.07) is 5.00. The molecule has 0 fully saturated rings. The van der Waals surface area contributed by atoms with E-state index in [1.165, 1.54) is 12.5 Å². The van der Waals surface area contributed by atoms with Gasteiger partial charge in [-0.1, -0.05) is 32.8 Å². The zero-order valence-corrected chi connectivity index (χ0v) is 11.5. The van der Waals surface area contributed by atoms with Gasteiger partial charge in [0.05, 0.1) is 0 Å². The average molecular weight is 249 g/mol. The molecule has 1 aromatic rings. The predicted molar refractivity (Wildman–Crippen MR) is 73.9 cm³/mol. The lowest BCUT2D eigenvalue weighted by molar-refractivity contribution is 0.0952. The van der Waals surface area contributed by atoms with Gasteiger partial charge in [-0.25, -0.2) is 0 Å². The van der Waals surface area contributed by atoms with E-state index in [1.807, 2.05) is 6.92 Å². The van der Waals surface area contributed by atoms with Crippen molar-refractivity contribution in [1.82, 2.24) is 5.32 Å². The molecule has 100 valence electrons. The number of aryl methyl sites for hydroxylation is 1. The quantitative estimate of drug-likeness (QED) is 0.760. The van der Waals surface area contributed by atoms with Crippen molar-refractivity contribution in [2.24, 2.45) is 5.92 Å². The molecule has 3 heteroatoms. The maximum Gasteiger partial charge on any atom is 0.251 e. The van der Waals surface area contributed by atoms with Gasteiger partial charge < -0.3 is 10.4 Å². The van der Waals surface area contributed by atoms with E-state index in [0.717, 1.165) is 24.3 Å². The Morgan fingerprint density at radius 1 is 1.33 bits per heavy atom. The van der Waals surface area contributed by atoms with Crippen molar-refractivity contribution in [1.29, 1.82) is 0 Å². The van der Waals surface area contributed by atoms with Crippen LogP contribution >= 0.6 is 0 Å². The lowest BCUT2D eigenvalue weighted by Crippen LogP contribution is -2.24. The molecule has 18 heavy (non-hydrogen) atoms. The van der Waals surface area contributed by atoms with Crippen LogP contribution in [-0.4, -0.2) is 17.6 Å². The lowest BCUT2D eigenvalue weighted by Gasteiger charge is -2.07. The summed E-state index contributed by atoms with van der Waals surface area (Å²) < 4.78 is 0. The van der Waals surface area contributed by atoms with Crippen LogP contribution in [0.1, 0.15) is 49.0 Å². The fraction of sp³-hybridized carbons (Fsp3) is 0.533. The second-order valence-corrected chi connectivity index (χ2v) is 5.15. The van der Waals surface area contributed by atoms with Gasteiger partial charge in [0, 0.05) is 12.1 Å². The molecule has 1 rings (SSSR count). The smallest absolute Gasteiger partial charge is 0.251 e. The van der Waals surface area contributed by atoms with Crippen LogP contribution < -0.4 is 5.32 Å². The highest BCUT2D eigenvalue weighted by molar-refractivity contribution is 5.94. The van der Waals surface area contributed by atoms with E-state index in [4.69, 9.17) is 0 Å². The normalized spacial score (nSPS) is 10.7. The molecule has 3 nitrogen and oxygen atoms in total. The number of benzene rings is 1. The summed E-state index contributed by atoms with van der Waals surface area (Å²) in [7, 11) is 0. The number of hydrogen-bond donors (Lipinski definition) is 2. The number of carbonyl (C=O) groups is 1. The number of carbonyl (C=O) groups excluding carboxylic acids is 1. The van der Waals surface area contributed by atoms with E-state index in [0.29, 0.717) is 12.1 Å². The van der Waals surface area contributed by atoms with Crippen molar-refractivity contribution in [2.45, 2.75) is 40.0 Å². The molecule has 1 amide bonds. The summed E-state index contributed by atoms with van der Waals surface area (Å²) in [6.45, 7) is 6.91. The first-order chi connectivity index (χ1) is 8.50. The minimum atomic E-state index is -0.116. The number of hydrogen-bond acceptors (Lipinski definition) is 2. The van der Waals surface area contributed by atoms with Gasteiger partial charge in [0.1, 0.15) is 5.75 Å². The molecule has 0 radical (unpaired) electrons. The Hall–Kier alpha value is -1.51. The van der Waals surface area contributed by atoms with Crippen LogP contribution in [-0.2, 0) is 0 Å². The first-order valence-corrected chi connectivity index (χ1v) is 6.58. The van der Waals surface area contributed by atoms with Crippen LogP contribution in [0.2, 0.25) is 0 Å². The Morgan fingerprint density at radius 3 is 2.67 bits per heavy atom. The van der Waals surface area contributed by atoms with Crippen molar-refractivity contribution in [2.75, 3.05) is 6.54 Å². The molecule has 0 spiro atoms. The average Bonchev–Trinajstić information content (AvgIpc) is 2.31. The standard InChI is InChI=1S/C15H23NO2/c1-11(2)6-4-5-9-16-15(18)13-8-7-12(3)14(17)10-13/h7-8,10-11,17H,4-6,9H2,1-3H3,(H,16,18). The van der Waals surface area contributed by atoms with Gasteiger partial charge in [-0.2, -0.15) is 0 Å². The van der Waals surface area contributed by atoms with Crippen LogP contribution in [0.3, 0.4) is 0 Å². The molecule has 0 aliphatic heterocycles. The van der Waals surface area contributed by atoms with Gasteiger partial charge >= 0.3 is 0 Å². The number of phenolic OH excluding ortho intramolecular Hbond substituents is 1. The third-order valence-corrected chi connectivity index (χ3v) is 2.97. The lowest BCUT2D eigenvalue weighted by atomic mass is 10.1. The molecule has 0 aliphatic rings. The molecule has 0 aromatic heterocycles. The van der Waals surface area contributed by atoms with Crippen LogP contribution in [0, 0.1) is 12.8 Å². The number of phenols is 1. The molecule has 1 aromatic carbocycles. The maximum atomic E-state index is 11.8. The van der Waals surface area contributed by atoms with E-state index >= 15 is 0 Å². The molecule has 0 atom stereocenters. The highest BCUT2D eigenvalue weighted by atomic mass is 16.3. The van der Waals surface area contributed by atoms with E-state index in [9.17, 15) is 9.90 Å². The second kappa shape index (κ2) is 7.04. The van der Waals surface area contributed by atoms with Gasteiger partial charge in [-0.05, 0) is 37.0 Å². The third-order valence-electron chi connectivity index (χ3n) is 2.97. The number of nitrogens with one attached hydrogen (secondary N) is 1. The Bertz CT molecular complexity index is 399. The highest BCUT2D eigenvalue weighted by Crippen LogP contribution is 2.17. The highest BCUT2D eigenvalue weighted by Gasteiger charge is 2.06. The van der Waals surface area contributed by atoms with Crippen LogP contribution in [0.5, 0.6) is 5.75 Å². The van der Waals surface area contributed by atoms with Crippen LogP contribution in [0.25, 0.3) is 0 Å². The zero-order valence-electron chi connectivity index (χ0n) is 11.5. The molecular formula is C15H23NO2. The number of aromatic hydroxyl groups is 1. The van der Waals surface area contributed by atoms with Crippen molar-refractivity contribution >= 4 is 5.91 Å². The van der Waals surface area contributed by atoms with Crippen molar-refractivity contribution in [3.63, 3.8) is 0 Å². The monoisotopic (exact) mass is 249 g/mol. The Balaban J connectivity index is 2.34. The Labute approximate surface area is 109 Å². The zero-order chi connectivity index (χ0) is 13.5. The fourth-order valence-electron chi connectivity index (χ4n) is 1.73. The third kappa shape index (κ3) is 4.78. The molecule has 0 bridgehead atoms. The van der Waals surface area contributed by atoms with Crippen LogP contribution in [0.4, 0.5) is 0 Å². The van der Waals surface area contributed by atoms with E-state index in [2.05, 4.69) is 19.2 Å². The van der Waals surface area contributed by atoms with Gasteiger partial charge in [0.25, 0.3) is 5.91 Å². The summed E-state index contributed by atoms with van der Waals surface area (Å²) in [5, 5.41) is 12.4.